The highest BCUT2D eigenvalue weighted by atomic mass is 19.3. The fraction of sp³-hybridized carbons (Fsp3) is 0.550. The minimum atomic E-state index is -3.01. The van der Waals surface area contributed by atoms with Crippen LogP contribution in [0.3, 0.4) is 0 Å². The van der Waals surface area contributed by atoms with Crippen molar-refractivity contribution in [2.24, 2.45) is 0 Å². The third-order valence-electron chi connectivity index (χ3n) is 5.62. The summed E-state index contributed by atoms with van der Waals surface area (Å²) in [7, 11) is 0. The number of aromatic nitrogens is 3. The number of nitrogens with one attached hydrogen (secondary N) is 3. The predicted octanol–water partition coefficient (Wildman–Crippen LogP) is 4.57. The number of alkyl carbamates (subject to hydrolysis) is 1. The van der Waals surface area contributed by atoms with Crippen LogP contribution in [0.5, 0.6) is 0 Å². The molecule has 9 heteroatoms. The van der Waals surface area contributed by atoms with Crippen LogP contribution in [-0.4, -0.2) is 33.4 Å². The summed E-state index contributed by atoms with van der Waals surface area (Å²) in [5.74, 6) is -2.26. The van der Waals surface area contributed by atoms with Gasteiger partial charge in [-0.3, -0.25) is 10.1 Å². The van der Waals surface area contributed by atoms with Crippen LogP contribution in [-0.2, 0) is 10.7 Å². The molecule has 156 valence electrons. The molecule has 1 fully saturated rings. The molecule has 3 heterocycles. The van der Waals surface area contributed by atoms with E-state index in [-0.39, 0.29) is 36.5 Å². The van der Waals surface area contributed by atoms with Gasteiger partial charge in [-0.15, -0.1) is 0 Å². The van der Waals surface area contributed by atoms with Crippen LogP contribution in [0.25, 0.3) is 0 Å². The fourth-order valence-electron chi connectivity index (χ4n) is 4.03. The molecular formula is C20H25F2N5O2. The molecule has 0 spiro atoms. The molecule has 3 atom stereocenters. The summed E-state index contributed by atoms with van der Waals surface area (Å²) >= 11 is 0. The molecule has 7 nitrogen and oxygen atoms in total. The molecule has 3 N–H and O–H groups in total. The monoisotopic (exact) mass is 405 g/mol. The SMILES string of the molecule is CC1CCCC(F)(F)c2cncc(c2)Nc2cc([nH]n2)C2CCC(C2)OC(=O)N1. The molecule has 4 rings (SSSR count). The Morgan fingerprint density at radius 1 is 1.21 bits per heavy atom. The molecule has 2 aromatic heterocycles. The van der Waals surface area contributed by atoms with Gasteiger partial charge in [-0.05, 0) is 45.1 Å². The lowest BCUT2D eigenvalue weighted by atomic mass is 10.0. The van der Waals surface area contributed by atoms with Crippen molar-refractivity contribution in [2.45, 2.75) is 69.4 Å². The highest BCUT2D eigenvalue weighted by Crippen LogP contribution is 2.37. The zero-order chi connectivity index (χ0) is 20.4. The number of nitrogens with zero attached hydrogens (tertiary/aromatic N) is 2. The van der Waals surface area contributed by atoms with Crippen molar-refractivity contribution in [3.63, 3.8) is 0 Å². The minimum Gasteiger partial charge on any atom is -0.446 e. The number of rotatable bonds is 0. The van der Waals surface area contributed by atoms with Crippen LogP contribution in [0.15, 0.2) is 24.5 Å². The molecule has 0 saturated heterocycles. The Kier molecular flexibility index (Phi) is 5.38. The van der Waals surface area contributed by atoms with E-state index in [1.807, 2.05) is 6.07 Å². The van der Waals surface area contributed by atoms with Crippen LogP contribution in [0.4, 0.5) is 25.1 Å². The topological polar surface area (TPSA) is 91.9 Å². The van der Waals surface area contributed by atoms with Gasteiger partial charge in [0.2, 0.25) is 0 Å². The number of carbonyl (C=O) groups is 1. The maximum absolute atomic E-state index is 14.6. The first kappa shape index (κ1) is 19.6. The van der Waals surface area contributed by atoms with Gasteiger partial charge in [-0.25, -0.2) is 13.6 Å². The summed E-state index contributed by atoms with van der Waals surface area (Å²) in [6, 6.07) is 3.04. The molecule has 1 saturated carbocycles. The number of pyridine rings is 1. The van der Waals surface area contributed by atoms with E-state index in [1.54, 1.807) is 6.92 Å². The normalized spacial score (nSPS) is 27.1. The first-order valence-electron chi connectivity index (χ1n) is 10.0. The van der Waals surface area contributed by atoms with E-state index in [1.165, 1.54) is 18.5 Å². The maximum Gasteiger partial charge on any atom is 0.407 e. The lowest BCUT2D eigenvalue weighted by molar-refractivity contribution is -0.0164. The summed E-state index contributed by atoms with van der Waals surface area (Å²) in [6.07, 6.45) is 4.83. The molecule has 3 unspecified atom stereocenters. The zero-order valence-electron chi connectivity index (χ0n) is 16.3. The summed E-state index contributed by atoms with van der Waals surface area (Å²) in [6.45, 7) is 1.80. The first-order valence-corrected chi connectivity index (χ1v) is 10.0. The van der Waals surface area contributed by atoms with Crippen molar-refractivity contribution in [1.29, 1.82) is 0 Å². The van der Waals surface area contributed by atoms with E-state index in [4.69, 9.17) is 4.74 Å². The van der Waals surface area contributed by atoms with E-state index in [0.29, 0.717) is 17.9 Å². The standard InChI is InChI=1S/C20H25F2N5O2/c1-12-3-2-6-20(21,22)14-8-15(11-23-10-14)25-18-9-17(26-27-18)13-4-5-16(7-13)29-19(28)24-12/h8-13,16H,2-7H2,1H3,(H,24,28)(H2,25,26,27). The lowest BCUT2D eigenvalue weighted by Gasteiger charge is -2.20. The molecule has 29 heavy (non-hydrogen) atoms. The molecule has 2 aromatic rings. The fourth-order valence-corrected chi connectivity index (χ4v) is 4.03. The Labute approximate surface area is 167 Å². The van der Waals surface area contributed by atoms with Crippen LogP contribution in [0, 0.1) is 0 Å². The molecule has 1 aliphatic carbocycles. The van der Waals surface area contributed by atoms with Crippen molar-refractivity contribution >= 4 is 17.6 Å². The van der Waals surface area contributed by atoms with Gasteiger partial charge < -0.3 is 15.4 Å². The largest absolute Gasteiger partial charge is 0.446 e. The van der Waals surface area contributed by atoms with E-state index in [0.717, 1.165) is 25.0 Å². The Bertz CT molecular complexity index is 872. The van der Waals surface area contributed by atoms with Crippen LogP contribution in [0.1, 0.15) is 62.6 Å². The molecule has 2 aliphatic rings. The van der Waals surface area contributed by atoms with Crippen LogP contribution in [0.2, 0.25) is 0 Å². The van der Waals surface area contributed by atoms with Gasteiger partial charge >= 0.3 is 6.09 Å². The third kappa shape index (κ3) is 4.65. The number of halogens is 2. The number of ether oxygens (including phenoxy) is 1. The van der Waals surface area contributed by atoms with Gasteiger partial charge in [0.1, 0.15) is 6.10 Å². The Morgan fingerprint density at radius 3 is 2.93 bits per heavy atom. The summed E-state index contributed by atoms with van der Waals surface area (Å²) < 4.78 is 34.8. The molecule has 0 aromatic carbocycles. The Hall–Kier alpha value is -2.71. The van der Waals surface area contributed by atoms with Crippen molar-refractivity contribution in [1.82, 2.24) is 20.5 Å². The molecule has 1 amide bonds. The van der Waals surface area contributed by atoms with E-state index >= 15 is 0 Å². The van der Waals surface area contributed by atoms with Gasteiger partial charge in [0.15, 0.2) is 5.82 Å². The van der Waals surface area contributed by atoms with E-state index in [9.17, 15) is 13.6 Å². The summed E-state index contributed by atoms with van der Waals surface area (Å²) in [5.41, 5.74) is 1.26. The van der Waals surface area contributed by atoms with Crippen molar-refractivity contribution in [3.8, 4) is 0 Å². The van der Waals surface area contributed by atoms with Gasteiger partial charge in [0.25, 0.3) is 5.92 Å². The number of hydrogen-bond donors (Lipinski definition) is 3. The highest BCUT2D eigenvalue weighted by molar-refractivity contribution is 5.67. The van der Waals surface area contributed by atoms with Crippen molar-refractivity contribution in [3.05, 3.63) is 35.8 Å². The van der Waals surface area contributed by atoms with Gasteiger partial charge in [-0.1, -0.05) is 0 Å². The van der Waals surface area contributed by atoms with Gasteiger partial charge in [0.05, 0.1) is 11.9 Å². The van der Waals surface area contributed by atoms with Crippen molar-refractivity contribution in [2.75, 3.05) is 5.32 Å². The average Bonchev–Trinajstić information content (AvgIpc) is 3.30. The second kappa shape index (κ2) is 7.96. The number of anilines is 2. The second-order valence-electron chi connectivity index (χ2n) is 7.98. The predicted molar refractivity (Wildman–Crippen MR) is 103 cm³/mol. The number of fused-ring (bicyclic) bond motifs is 7. The zero-order valence-corrected chi connectivity index (χ0v) is 16.3. The van der Waals surface area contributed by atoms with Crippen LogP contribution < -0.4 is 10.6 Å². The minimum absolute atomic E-state index is 0.141. The average molecular weight is 405 g/mol. The molecule has 6 bridgehead atoms. The third-order valence-corrected chi connectivity index (χ3v) is 5.62. The first-order chi connectivity index (χ1) is 13.9. The van der Waals surface area contributed by atoms with Crippen LogP contribution >= 0.6 is 0 Å². The summed E-state index contributed by atoms with van der Waals surface area (Å²) in [5, 5.41) is 13.0. The maximum atomic E-state index is 14.6. The van der Waals surface area contributed by atoms with Gasteiger partial charge in [-0.2, -0.15) is 5.10 Å². The molecule has 1 aliphatic heterocycles. The Morgan fingerprint density at radius 2 is 2.07 bits per heavy atom. The quantitative estimate of drug-likeness (QED) is 0.597. The number of amides is 1. The molecule has 0 radical (unpaired) electrons. The van der Waals surface area contributed by atoms with Crippen molar-refractivity contribution < 1.29 is 18.3 Å². The number of alkyl halides is 2. The molecular weight excluding hydrogens is 380 g/mol. The van der Waals surface area contributed by atoms with E-state index in [2.05, 4.69) is 25.8 Å². The smallest absolute Gasteiger partial charge is 0.407 e. The lowest BCUT2D eigenvalue weighted by Crippen LogP contribution is -2.35. The number of hydrogen-bond acceptors (Lipinski definition) is 5. The summed E-state index contributed by atoms with van der Waals surface area (Å²) in [4.78, 5) is 16.1. The number of aromatic amines is 1. The second-order valence-corrected chi connectivity index (χ2v) is 7.98. The van der Waals surface area contributed by atoms with Gasteiger partial charge in [0, 0.05) is 41.9 Å². The highest BCUT2D eigenvalue weighted by Gasteiger charge is 2.33. The van der Waals surface area contributed by atoms with E-state index < -0.39 is 12.0 Å². The number of carbonyl (C=O) groups excluding carboxylic acids is 1. The number of H-pyrrole nitrogens is 1. The Balaban J connectivity index is 1.58.